The Labute approximate surface area is 167 Å². The summed E-state index contributed by atoms with van der Waals surface area (Å²) in [5.41, 5.74) is 8.14. The van der Waals surface area contributed by atoms with E-state index in [1.54, 1.807) is 16.2 Å². The highest BCUT2D eigenvalue weighted by molar-refractivity contribution is 7.12. The normalized spacial score (nSPS) is 21.7. The van der Waals surface area contributed by atoms with Gasteiger partial charge >= 0.3 is 0 Å². The lowest BCUT2D eigenvalue weighted by Crippen LogP contribution is -2.42. The molecule has 144 valence electrons. The number of hydrogen-bond acceptors (Lipinski definition) is 7. The molecule has 7 nitrogen and oxygen atoms in total. The molecule has 3 N–H and O–H groups in total. The van der Waals surface area contributed by atoms with Crippen LogP contribution in [0.5, 0.6) is 0 Å². The van der Waals surface area contributed by atoms with Gasteiger partial charge in [0.1, 0.15) is 12.1 Å². The number of nitriles is 1. The van der Waals surface area contributed by atoms with Crippen molar-refractivity contribution in [1.29, 1.82) is 5.26 Å². The number of nitrogens with two attached hydrogens (primary N) is 1. The summed E-state index contributed by atoms with van der Waals surface area (Å²) in [7, 11) is 0. The number of hydrogen-bond donors (Lipinski definition) is 2. The Kier molecular flexibility index (Phi) is 4.35. The molecule has 0 bridgehead atoms. The Morgan fingerprint density at radius 2 is 2.21 bits per heavy atom. The number of aromatic amines is 1. The molecule has 0 radical (unpaired) electrons. The molecule has 0 fully saturated rings. The quantitative estimate of drug-likeness (QED) is 0.825. The van der Waals surface area contributed by atoms with Crippen molar-refractivity contribution in [1.82, 2.24) is 15.2 Å². The van der Waals surface area contributed by atoms with Crippen molar-refractivity contribution in [3.05, 3.63) is 50.9 Å². The number of allylic oxidation sites excluding steroid dienone is 3. The first-order chi connectivity index (χ1) is 13.4. The molecule has 2 aromatic rings. The predicted octanol–water partition coefficient (Wildman–Crippen LogP) is 3.37. The van der Waals surface area contributed by atoms with E-state index in [0.29, 0.717) is 35.8 Å². The monoisotopic (exact) mass is 394 g/mol. The van der Waals surface area contributed by atoms with Crippen molar-refractivity contribution >= 4 is 23.1 Å². The van der Waals surface area contributed by atoms with E-state index in [1.807, 2.05) is 6.07 Å². The van der Waals surface area contributed by atoms with Crippen LogP contribution in [0.2, 0.25) is 0 Å². The molecular formula is C20H22N6OS. The number of rotatable bonds is 3. The van der Waals surface area contributed by atoms with E-state index in [0.717, 1.165) is 17.0 Å². The van der Waals surface area contributed by atoms with Gasteiger partial charge < -0.3 is 5.73 Å². The number of ketones is 1. The number of H-pyrrole nitrogens is 1. The van der Waals surface area contributed by atoms with Crippen LogP contribution in [0.4, 0.5) is 5.95 Å². The molecule has 0 spiro atoms. The van der Waals surface area contributed by atoms with Gasteiger partial charge in [-0.1, -0.05) is 20.8 Å². The molecule has 1 atom stereocenters. The minimum Gasteiger partial charge on any atom is -0.384 e. The summed E-state index contributed by atoms with van der Waals surface area (Å²) in [6, 6.07) is 6.34. The summed E-state index contributed by atoms with van der Waals surface area (Å²) in [5, 5.41) is 16.7. The molecule has 0 amide bonds. The number of aryl methyl sites for hydroxylation is 1. The number of Topliss-reactive ketones (excluding diaryl/α,β-unsaturated/α-hetero) is 1. The van der Waals surface area contributed by atoms with Gasteiger partial charge in [0, 0.05) is 27.4 Å². The zero-order chi connectivity index (χ0) is 20.1. The topological polar surface area (TPSA) is 112 Å². The van der Waals surface area contributed by atoms with E-state index in [4.69, 9.17) is 5.73 Å². The van der Waals surface area contributed by atoms with Gasteiger partial charge in [0.2, 0.25) is 5.95 Å². The average Bonchev–Trinajstić information content (AvgIpc) is 3.31. The van der Waals surface area contributed by atoms with Gasteiger partial charge in [-0.05, 0) is 30.4 Å². The third kappa shape index (κ3) is 2.83. The Balaban J connectivity index is 1.97. The molecule has 1 unspecified atom stereocenters. The summed E-state index contributed by atoms with van der Waals surface area (Å²) in [4.78, 5) is 21.4. The third-order valence-corrected chi connectivity index (χ3v) is 6.60. The van der Waals surface area contributed by atoms with Crippen molar-refractivity contribution < 1.29 is 4.79 Å². The number of carbonyl (C=O) groups excluding carboxylic acids is 1. The van der Waals surface area contributed by atoms with Crippen LogP contribution in [0.1, 0.15) is 49.3 Å². The second-order valence-corrected chi connectivity index (χ2v) is 9.15. The zero-order valence-electron chi connectivity index (χ0n) is 16.1. The Hall–Kier alpha value is -2.92. The number of nitrogens with one attached hydrogen (secondary N) is 1. The summed E-state index contributed by atoms with van der Waals surface area (Å²) in [6.07, 6.45) is 3.41. The number of carbonyl (C=O) groups is 1. The number of thiophene rings is 1. The van der Waals surface area contributed by atoms with Crippen molar-refractivity contribution in [3.8, 4) is 6.07 Å². The lowest BCUT2D eigenvalue weighted by molar-refractivity contribution is -0.118. The van der Waals surface area contributed by atoms with Crippen molar-refractivity contribution in [3.63, 3.8) is 0 Å². The van der Waals surface area contributed by atoms with Crippen molar-refractivity contribution in [2.24, 2.45) is 11.1 Å². The lowest BCUT2D eigenvalue weighted by Gasteiger charge is -2.42. The summed E-state index contributed by atoms with van der Waals surface area (Å²) in [6.45, 7) is 6.24. The average molecular weight is 395 g/mol. The molecule has 3 heterocycles. The first kappa shape index (κ1) is 18.4. The van der Waals surface area contributed by atoms with Gasteiger partial charge in [-0.15, -0.1) is 11.3 Å². The summed E-state index contributed by atoms with van der Waals surface area (Å²) in [5.74, 6) is 0.364. The van der Waals surface area contributed by atoms with E-state index >= 15 is 0 Å². The third-order valence-electron chi connectivity index (χ3n) is 5.31. The molecule has 28 heavy (non-hydrogen) atoms. The molecule has 0 saturated carbocycles. The van der Waals surface area contributed by atoms with Crippen molar-refractivity contribution in [2.45, 2.75) is 46.0 Å². The van der Waals surface area contributed by atoms with Crippen LogP contribution in [-0.4, -0.2) is 21.0 Å². The molecule has 0 aromatic carbocycles. The van der Waals surface area contributed by atoms with E-state index in [-0.39, 0.29) is 11.2 Å². The van der Waals surface area contributed by atoms with Crippen LogP contribution in [0.15, 0.2) is 41.1 Å². The van der Waals surface area contributed by atoms with Gasteiger partial charge in [-0.3, -0.25) is 9.69 Å². The van der Waals surface area contributed by atoms with Crippen LogP contribution in [0.3, 0.4) is 0 Å². The van der Waals surface area contributed by atoms with Gasteiger partial charge in [0.25, 0.3) is 0 Å². The first-order valence-corrected chi connectivity index (χ1v) is 10.1. The molecule has 2 aromatic heterocycles. The van der Waals surface area contributed by atoms with E-state index in [9.17, 15) is 10.1 Å². The molecule has 1 aliphatic heterocycles. The molecule has 2 aliphatic rings. The van der Waals surface area contributed by atoms with Gasteiger partial charge in [-0.25, -0.2) is 5.10 Å². The SMILES string of the molecule is CCc1ccc(C2C(C#N)=C(N)N(c3ncn[nH]3)C3=C2C(=O)CC(C)(C)C3)s1. The van der Waals surface area contributed by atoms with Crippen LogP contribution in [-0.2, 0) is 11.2 Å². The summed E-state index contributed by atoms with van der Waals surface area (Å²) < 4.78 is 0. The number of aromatic nitrogens is 3. The van der Waals surface area contributed by atoms with E-state index < -0.39 is 5.92 Å². The van der Waals surface area contributed by atoms with Gasteiger partial charge in [0.15, 0.2) is 5.78 Å². The van der Waals surface area contributed by atoms with E-state index in [1.165, 1.54) is 11.2 Å². The zero-order valence-corrected chi connectivity index (χ0v) is 16.9. The highest BCUT2D eigenvalue weighted by Gasteiger charge is 2.45. The van der Waals surface area contributed by atoms with E-state index in [2.05, 4.69) is 48.1 Å². The van der Waals surface area contributed by atoms with Crippen LogP contribution < -0.4 is 10.6 Å². The summed E-state index contributed by atoms with van der Waals surface area (Å²) >= 11 is 1.64. The van der Waals surface area contributed by atoms with Crippen LogP contribution in [0, 0.1) is 16.7 Å². The first-order valence-electron chi connectivity index (χ1n) is 9.26. The maximum absolute atomic E-state index is 13.3. The molecule has 4 rings (SSSR count). The Morgan fingerprint density at radius 1 is 1.43 bits per heavy atom. The second-order valence-electron chi connectivity index (χ2n) is 7.95. The van der Waals surface area contributed by atoms with Gasteiger partial charge in [0.05, 0.1) is 17.6 Å². The fourth-order valence-corrected chi connectivity index (χ4v) is 5.15. The smallest absolute Gasteiger partial charge is 0.231 e. The van der Waals surface area contributed by atoms with Crippen LogP contribution >= 0.6 is 11.3 Å². The highest BCUT2D eigenvalue weighted by atomic mass is 32.1. The van der Waals surface area contributed by atoms with Gasteiger partial charge in [-0.2, -0.15) is 15.3 Å². The predicted molar refractivity (Wildman–Crippen MR) is 107 cm³/mol. The van der Waals surface area contributed by atoms with Crippen molar-refractivity contribution in [2.75, 3.05) is 4.90 Å². The maximum Gasteiger partial charge on any atom is 0.231 e. The number of anilines is 1. The fraction of sp³-hybridized carbons (Fsp3) is 0.400. The Bertz CT molecular complexity index is 1040. The lowest BCUT2D eigenvalue weighted by atomic mass is 9.70. The van der Waals surface area contributed by atoms with Crippen LogP contribution in [0.25, 0.3) is 0 Å². The Morgan fingerprint density at radius 3 is 2.82 bits per heavy atom. The molecule has 0 saturated heterocycles. The molecule has 8 heteroatoms. The highest BCUT2D eigenvalue weighted by Crippen LogP contribution is 2.50. The maximum atomic E-state index is 13.3. The minimum atomic E-state index is -0.423. The standard InChI is InChI=1S/C20H22N6OS/c1-4-11-5-6-15(28-11)16-12(9-21)18(22)26(19-23-10-24-25-19)13-7-20(2,3)8-14(27)17(13)16/h5-6,10,16H,4,7-8,22H2,1-3H3,(H,23,24,25). The largest absolute Gasteiger partial charge is 0.384 e. The second kappa shape index (κ2) is 6.60. The fourth-order valence-electron chi connectivity index (χ4n) is 4.08. The molecular weight excluding hydrogens is 372 g/mol. The minimum absolute atomic E-state index is 0.0625. The number of nitrogens with zero attached hydrogens (tertiary/aromatic N) is 4. The molecule has 1 aliphatic carbocycles.